The van der Waals surface area contributed by atoms with Crippen LogP contribution in [0.25, 0.3) is 10.9 Å². The van der Waals surface area contributed by atoms with Crippen LogP contribution in [0.5, 0.6) is 0 Å². The largest absolute Gasteiger partial charge is 0.352 e. The molecule has 0 saturated carbocycles. The minimum atomic E-state index is -0.396. The number of aryl methyl sites for hydroxylation is 2. The number of nitrogens with zero attached hydrogens (tertiary/aromatic N) is 4. The highest BCUT2D eigenvalue weighted by Crippen LogP contribution is 2.31. The Morgan fingerprint density at radius 3 is 2.89 bits per heavy atom. The summed E-state index contributed by atoms with van der Waals surface area (Å²) >= 11 is 3.43. The molecular formula is C19H21BrN6O2. The normalized spacial score (nSPS) is 16.9. The second-order valence-electron chi connectivity index (χ2n) is 7.13. The highest BCUT2D eigenvalue weighted by molar-refractivity contribution is 9.10. The minimum absolute atomic E-state index is 0.0924. The van der Waals surface area contributed by atoms with Gasteiger partial charge in [0.15, 0.2) is 5.82 Å². The van der Waals surface area contributed by atoms with Crippen molar-refractivity contribution in [3.05, 3.63) is 39.6 Å². The summed E-state index contributed by atoms with van der Waals surface area (Å²) in [4.78, 5) is 26.8. The van der Waals surface area contributed by atoms with Gasteiger partial charge in [-0.2, -0.15) is 10.2 Å². The average Bonchev–Trinajstić information content (AvgIpc) is 3.30. The molecular weight excluding hydrogens is 424 g/mol. The molecule has 28 heavy (non-hydrogen) atoms. The van der Waals surface area contributed by atoms with Gasteiger partial charge in [-0.1, -0.05) is 15.9 Å². The van der Waals surface area contributed by atoms with Crippen LogP contribution >= 0.6 is 15.9 Å². The summed E-state index contributed by atoms with van der Waals surface area (Å²) in [6.07, 6.45) is 0.182. The zero-order valence-corrected chi connectivity index (χ0v) is 17.5. The molecule has 2 amide bonds. The van der Waals surface area contributed by atoms with Crippen molar-refractivity contribution < 1.29 is 9.59 Å². The number of halogens is 1. The number of nitrogens with one attached hydrogen (secondary N) is 2. The smallest absolute Gasteiger partial charge is 0.229 e. The van der Waals surface area contributed by atoms with Gasteiger partial charge in [0.1, 0.15) is 0 Å². The maximum absolute atomic E-state index is 12.7. The van der Waals surface area contributed by atoms with E-state index in [1.54, 1.807) is 9.58 Å². The van der Waals surface area contributed by atoms with E-state index in [-0.39, 0.29) is 18.2 Å². The second kappa shape index (κ2) is 7.05. The van der Waals surface area contributed by atoms with Crippen LogP contribution in [0.2, 0.25) is 0 Å². The molecule has 2 N–H and O–H groups in total. The summed E-state index contributed by atoms with van der Waals surface area (Å²) in [5.41, 5.74) is 3.78. The third-order valence-corrected chi connectivity index (χ3v) is 5.85. The van der Waals surface area contributed by atoms with E-state index in [4.69, 9.17) is 0 Å². The summed E-state index contributed by atoms with van der Waals surface area (Å²) in [5.74, 6) is -0.0416. The molecule has 1 atom stereocenters. The lowest BCUT2D eigenvalue weighted by Crippen LogP contribution is -2.33. The summed E-state index contributed by atoms with van der Waals surface area (Å²) in [6, 6.07) is 5.73. The number of benzene rings is 1. The molecule has 1 aromatic carbocycles. The number of carbonyl (C=O) groups is 2. The third kappa shape index (κ3) is 3.19. The SMILES string of the molecule is Cc1nn(C)c(C)c1CNC(=O)[C@@H]1CC(=O)N(c2n[nH]c3cc(Br)ccc23)C1. The highest BCUT2D eigenvalue weighted by Gasteiger charge is 2.36. The van der Waals surface area contributed by atoms with E-state index in [0.717, 1.165) is 32.3 Å². The maximum atomic E-state index is 12.7. The lowest BCUT2D eigenvalue weighted by atomic mass is 10.1. The van der Waals surface area contributed by atoms with Crippen molar-refractivity contribution >= 4 is 44.5 Å². The second-order valence-corrected chi connectivity index (χ2v) is 8.05. The Labute approximate surface area is 170 Å². The molecule has 0 aliphatic carbocycles. The fourth-order valence-electron chi connectivity index (χ4n) is 3.66. The molecule has 3 heterocycles. The van der Waals surface area contributed by atoms with Gasteiger partial charge in [-0.3, -0.25) is 24.3 Å². The van der Waals surface area contributed by atoms with Crippen LogP contribution in [-0.2, 0) is 23.2 Å². The van der Waals surface area contributed by atoms with Gasteiger partial charge in [-0.05, 0) is 32.0 Å². The number of rotatable bonds is 4. The predicted octanol–water partition coefficient (Wildman–Crippen LogP) is 2.35. The monoisotopic (exact) mass is 444 g/mol. The first-order chi connectivity index (χ1) is 13.3. The van der Waals surface area contributed by atoms with Gasteiger partial charge < -0.3 is 5.32 Å². The third-order valence-electron chi connectivity index (χ3n) is 5.35. The number of carbonyl (C=O) groups excluding carboxylic acids is 2. The molecule has 1 saturated heterocycles. The Morgan fingerprint density at radius 2 is 2.18 bits per heavy atom. The summed E-state index contributed by atoms with van der Waals surface area (Å²) in [6.45, 7) is 4.64. The van der Waals surface area contributed by atoms with Crippen molar-refractivity contribution in [2.45, 2.75) is 26.8 Å². The Balaban J connectivity index is 1.47. The number of aromatic amines is 1. The molecule has 2 aromatic heterocycles. The number of hydrogen-bond acceptors (Lipinski definition) is 4. The van der Waals surface area contributed by atoms with Crippen molar-refractivity contribution in [2.75, 3.05) is 11.4 Å². The molecule has 3 aromatic rings. The number of H-pyrrole nitrogens is 1. The Kier molecular flexibility index (Phi) is 4.70. The number of anilines is 1. The number of hydrogen-bond donors (Lipinski definition) is 2. The van der Waals surface area contributed by atoms with Gasteiger partial charge in [-0.25, -0.2) is 0 Å². The summed E-state index contributed by atoms with van der Waals surface area (Å²) < 4.78 is 2.74. The number of amides is 2. The van der Waals surface area contributed by atoms with Crippen LogP contribution in [-0.4, -0.2) is 38.3 Å². The van der Waals surface area contributed by atoms with E-state index in [0.29, 0.717) is 18.9 Å². The summed E-state index contributed by atoms with van der Waals surface area (Å²) in [7, 11) is 1.88. The molecule has 146 valence electrons. The molecule has 0 radical (unpaired) electrons. The lowest BCUT2D eigenvalue weighted by Gasteiger charge is -2.14. The van der Waals surface area contributed by atoms with Gasteiger partial charge in [0.05, 0.1) is 17.1 Å². The molecule has 0 unspecified atom stereocenters. The predicted molar refractivity (Wildman–Crippen MR) is 109 cm³/mol. The zero-order chi connectivity index (χ0) is 20.0. The quantitative estimate of drug-likeness (QED) is 0.645. The first kappa shape index (κ1) is 18.7. The highest BCUT2D eigenvalue weighted by atomic mass is 79.9. The van der Waals surface area contributed by atoms with Crippen LogP contribution in [0.4, 0.5) is 5.82 Å². The van der Waals surface area contributed by atoms with E-state index < -0.39 is 5.92 Å². The average molecular weight is 445 g/mol. The molecule has 4 rings (SSSR count). The van der Waals surface area contributed by atoms with E-state index in [1.807, 2.05) is 39.1 Å². The van der Waals surface area contributed by atoms with Gasteiger partial charge in [0.25, 0.3) is 0 Å². The standard InChI is InChI=1S/C19H21BrN6O2/c1-10-15(11(2)25(3)24-10)8-21-19(28)12-6-17(27)26(9-12)18-14-5-4-13(20)7-16(14)22-23-18/h4-5,7,12H,6,8-9H2,1-3H3,(H,21,28)(H,22,23)/t12-/m1/s1. The molecule has 1 fully saturated rings. The van der Waals surface area contributed by atoms with Crippen molar-refractivity contribution in [3.8, 4) is 0 Å². The first-order valence-electron chi connectivity index (χ1n) is 9.06. The fourth-order valence-corrected chi connectivity index (χ4v) is 4.03. The summed E-state index contributed by atoms with van der Waals surface area (Å²) in [5, 5.41) is 15.4. The van der Waals surface area contributed by atoms with Crippen LogP contribution in [0.3, 0.4) is 0 Å². The number of aromatic nitrogens is 4. The zero-order valence-electron chi connectivity index (χ0n) is 15.9. The Bertz CT molecular complexity index is 1090. The van der Waals surface area contributed by atoms with E-state index in [9.17, 15) is 9.59 Å². The van der Waals surface area contributed by atoms with Crippen LogP contribution in [0.1, 0.15) is 23.4 Å². The molecule has 9 heteroatoms. The van der Waals surface area contributed by atoms with E-state index in [1.165, 1.54) is 0 Å². The van der Waals surface area contributed by atoms with Crippen molar-refractivity contribution in [3.63, 3.8) is 0 Å². The van der Waals surface area contributed by atoms with Crippen LogP contribution < -0.4 is 10.2 Å². The maximum Gasteiger partial charge on any atom is 0.229 e. The minimum Gasteiger partial charge on any atom is -0.352 e. The van der Waals surface area contributed by atoms with Crippen molar-refractivity contribution in [1.82, 2.24) is 25.3 Å². The van der Waals surface area contributed by atoms with Crippen molar-refractivity contribution in [1.29, 1.82) is 0 Å². The molecule has 0 spiro atoms. The van der Waals surface area contributed by atoms with Gasteiger partial charge in [0, 0.05) is 47.7 Å². The van der Waals surface area contributed by atoms with Crippen LogP contribution in [0, 0.1) is 19.8 Å². The molecule has 8 nitrogen and oxygen atoms in total. The van der Waals surface area contributed by atoms with Crippen molar-refractivity contribution in [2.24, 2.45) is 13.0 Å². The molecule has 1 aliphatic heterocycles. The first-order valence-corrected chi connectivity index (χ1v) is 9.85. The topological polar surface area (TPSA) is 95.9 Å². The van der Waals surface area contributed by atoms with E-state index >= 15 is 0 Å². The number of fused-ring (bicyclic) bond motifs is 1. The molecule has 0 bridgehead atoms. The van der Waals surface area contributed by atoms with E-state index in [2.05, 4.69) is 36.5 Å². The van der Waals surface area contributed by atoms with Gasteiger partial charge in [0.2, 0.25) is 11.8 Å². The lowest BCUT2D eigenvalue weighted by molar-refractivity contribution is -0.126. The Hall–Kier alpha value is -2.68. The molecule has 1 aliphatic rings. The van der Waals surface area contributed by atoms with Crippen LogP contribution in [0.15, 0.2) is 22.7 Å². The van der Waals surface area contributed by atoms with Gasteiger partial charge in [-0.15, -0.1) is 0 Å². The Morgan fingerprint density at radius 1 is 1.39 bits per heavy atom. The van der Waals surface area contributed by atoms with Gasteiger partial charge >= 0.3 is 0 Å². The fraction of sp³-hybridized carbons (Fsp3) is 0.368.